The van der Waals surface area contributed by atoms with Crippen LogP contribution in [0.1, 0.15) is 11.3 Å². The fourth-order valence-electron chi connectivity index (χ4n) is 2.02. The van der Waals surface area contributed by atoms with Crippen LogP contribution in [0, 0.1) is 6.92 Å². The molecule has 0 bridgehead atoms. The first-order valence-electron chi connectivity index (χ1n) is 5.65. The molecule has 0 spiro atoms. The summed E-state index contributed by atoms with van der Waals surface area (Å²) in [6, 6.07) is 7.54. The lowest BCUT2D eigenvalue weighted by Gasteiger charge is -2.10. The molecule has 0 aliphatic carbocycles. The van der Waals surface area contributed by atoms with E-state index in [1.807, 2.05) is 31.2 Å². The Balaban J connectivity index is 2.65. The fourth-order valence-corrected chi connectivity index (χ4v) is 2.02. The van der Waals surface area contributed by atoms with Crippen molar-refractivity contribution in [2.24, 2.45) is 0 Å². The summed E-state index contributed by atoms with van der Waals surface area (Å²) >= 11 is 0. The van der Waals surface area contributed by atoms with Gasteiger partial charge in [0.05, 0.1) is 26.2 Å². The van der Waals surface area contributed by atoms with Crippen molar-refractivity contribution in [1.82, 2.24) is 4.98 Å². The standard InChI is InChI=1S/C14H15NO3/c1-9-7-10(8-13(16)18-3)14-11(15-9)5-4-6-12(14)17-2/h4-7H,8H2,1-3H3. The number of hydrogen-bond donors (Lipinski definition) is 0. The maximum Gasteiger partial charge on any atom is 0.310 e. The Hall–Kier alpha value is -2.10. The van der Waals surface area contributed by atoms with E-state index < -0.39 is 0 Å². The average molecular weight is 245 g/mol. The van der Waals surface area contributed by atoms with E-state index >= 15 is 0 Å². The van der Waals surface area contributed by atoms with Crippen molar-refractivity contribution in [3.63, 3.8) is 0 Å². The Bertz CT molecular complexity index is 593. The highest BCUT2D eigenvalue weighted by Gasteiger charge is 2.12. The van der Waals surface area contributed by atoms with Gasteiger partial charge in [-0.25, -0.2) is 0 Å². The van der Waals surface area contributed by atoms with Crippen molar-refractivity contribution in [2.45, 2.75) is 13.3 Å². The lowest BCUT2D eigenvalue weighted by atomic mass is 10.0. The van der Waals surface area contributed by atoms with Crippen molar-refractivity contribution >= 4 is 16.9 Å². The van der Waals surface area contributed by atoms with Gasteiger partial charge >= 0.3 is 5.97 Å². The van der Waals surface area contributed by atoms with Crippen LogP contribution in [0.2, 0.25) is 0 Å². The Morgan fingerprint density at radius 3 is 2.78 bits per heavy atom. The van der Waals surface area contributed by atoms with E-state index in [-0.39, 0.29) is 12.4 Å². The molecule has 18 heavy (non-hydrogen) atoms. The Morgan fingerprint density at radius 2 is 2.11 bits per heavy atom. The summed E-state index contributed by atoms with van der Waals surface area (Å²) in [6.07, 6.45) is 0.219. The van der Waals surface area contributed by atoms with Crippen LogP contribution in [0.5, 0.6) is 5.75 Å². The van der Waals surface area contributed by atoms with Crippen molar-refractivity contribution in [2.75, 3.05) is 14.2 Å². The van der Waals surface area contributed by atoms with Crippen molar-refractivity contribution in [1.29, 1.82) is 0 Å². The second-order valence-electron chi connectivity index (χ2n) is 4.03. The summed E-state index contributed by atoms with van der Waals surface area (Å²) in [4.78, 5) is 15.9. The number of hydrogen-bond acceptors (Lipinski definition) is 4. The first kappa shape index (κ1) is 12.4. The molecule has 0 aliphatic rings. The quantitative estimate of drug-likeness (QED) is 0.778. The predicted molar refractivity (Wildman–Crippen MR) is 68.8 cm³/mol. The third kappa shape index (κ3) is 2.27. The Kier molecular flexibility index (Phi) is 3.46. The van der Waals surface area contributed by atoms with Gasteiger partial charge in [-0.1, -0.05) is 6.07 Å². The van der Waals surface area contributed by atoms with Gasteiger partial charge in [-0.2, -0.15) is 0 Å². The minimum absolute atomic E-state index is 0.219. The number of rotatable bonds is 3. The minimum atomic E-state index is -0.271. The number of nitrogens with zero attached hydrogens (tertiary/aromatic N) is 1. The van der Waals surface area contributed by atoms with Gasteiger partial charge in [-0.05, 0) is 30.7 Å². The van der Waals surface area contributed by atoms with Gasteiger partial charge in [0, 0.05) is 11.1 Å². The summed E-state index contributed by atoms with van der Waals surface area (Å²) in [5.74, 6) is 0.451. The number of benzene rings is 1. The van der Waals surface area contributed by atoms with E-state index in [2.05, 4.69) is 4.98 Å². The highest BCUT2D eigenvalue weighted by molar-refractivity contribution is 5.91. The van der Waals surface area contributed by atoms with Crippen LogP contribution >= 0.6 is 0 Å². The molecule has 1 aromatic carbocycles. The van der Waals surface area contributed by atoms with Crippen LogP contribution in [-0.2, 0) is 16.0 Å². The lowest BCUT2D eigenvalue weighted by molar-refractivity contribution is -0.139. The molecule has 0 atom stereocenters. The Morgan fingerprint density at radius 1 is 1.33 bits per heavy atom. The zero-order valence-corrected chi connectivity index (χ0v) is 10.7. The van der Waals surface area contributed by atoms with E-state index in [1.54, 1.807) is 7.11 Å². The lowest BCUT2D eigenvalue weighted by Crippen LogP contribution is -2.06. The van der Waals surface area contributed by atoms with E-state index in [0.29, 0.717) is 0 Å². The van der Waals surface area contributed by atoms with Crippen LogP contribution in [0.3, 0.4) is 0 Å². The number of pyridine rings is 1. The van der Waals surface area contributed by atoms with E-state index in [9.17, 15) is 4.79 Å². The minimum Gasteiger partial charge on any atom is -0.496 e. The molecular formula is C14H15NO3. The molecule has 0 saturated carbocycles. The largest absolute Gasteiger partial charge is 0.496 e. The van der Waals surface area contributed by atoms with Gasteiger partial charge in [-0.3, -0.25) is 9.78 Å². The summed E-state index contributed by atoms with van der Waals surface area (Å²) < 4.78 is 10.0. The van der Waals surface area contributed by atoms with Gasteiger partial charge in [0.1, 0.15) is 5.75 Å². The number of fused-ring (bicyclic) bond motifs is 1. The molecule has 4 nitrogen and oxygen atoms in total. The van der Waals surface area contributed by atoms with Gasteiger partial charge in [0.25, 0.3) is 0 Å². The molecule has 0 fully saturated rings. The molecule has 4 heteroatoms. The van der Waals surface area contributed by atoms with Gasteiger partial charge < -0.3 is 9.47 Å². The third-order valence-corrected chi connectivity index (χ3v) is 2.79. The van der Waals surface area contributed by atoms with E-state index in [4.69, 9.17) is 9.47 Å². The topological polar surface area (TPSA) is 48.4 Å². The number of esters is 1. The summed E-state index contributed by atoms with van der Waals surface area (Å²) in [5.41, 5.74) is 2.57. The van der Waals surface area contributed by atoms with Crippen LogP contribution in [-0.4, -0.2) is 25.2 Å². The second-order valence-corrected chi connectivity index (χ2v) is 4.03. The van der Waals surface area contributed by atoms with Crippen LogP contribution < -0.4 is 4.74 Å². The zero-order chi connectivity index (χ0) is 13.1. The maximum absolute atomic E-state index is 11.5. The molecule has 0 saturated heterocycles. The smallest absolute Gasteiger partial charge is 0.310 e. The molecule has 1 heterocycles. The number of carbonyl (C=O) groups is 1. The summed E-state index contributed by atoms with van der Waals surface area (Å²) in [6.45, 7) is 1.90. The third-order valence-electron chi connectivity index (χ3n) is 2.79. The molecule has 94 valence electrons. The SMILES string of the molecule is COC(=O)Cc1cc(C)nc2cccc(OC)c12. The molecule has 0 aliphatic heterocycles. The normalized spacial score (nSPS) is 10.4. The van der Waals surface area contributed by atoms with Gasteiger partial charge in [0.15, 0.2) is 0 Å². The molecule has 0 unspecified atom stereocenters. The molecule has 0 radical (unpaired) electrons. The number of aromatic nitrogens is 1. The van der Waals surface area contributed by atoms with Crippen molar-refractivity contribution in [3.8, 4) is 5.75 Å². The van der Waals surface area contributed by atoms with Crippen LogP contribution in [0.15, 0.2) is 24.3 Å². The van der Waals surface area contributed by atoms with Gasteiger partial charge in [0.2, 0.25) is 0 Å². The first-order chi connectivity index (χ1) is 8.65. The number of carbonyl (C=O) groups excluding carboxylic acids is 1. The van der Waals surface area contributed by atoms with Crippen LogP contribution in [0.25, 0.3) is 10.9 Å². The zero-order valence-electron chi connectivity index (χ0n) is 10.7. The summed E-state index contributed by atoms with van der Waals surface area (Å²) in [5, 5.41) is 0.871. The maximum atomic E-state index is 11.5. The number of aryl methyl sites for hydroxylation is 1. The molecule has 1 aromatic heterocycles. The number of methoxy groups -OCH3 is 2. The molecule has 2 aromatic rings. The highest BCUT2D eigenvalue weighted by Crippen LogP contribution is 2.28. The fraction of sp³-hybridized carbons (Fsp3) is 0.286. The number of ether oxygens (including phenoxy) is 2. The molecule has 0 amide bonds. The molecule has 0 N–H and O–H groups in total. The highest BCUT2D eigenvalue weighted by atomic mass is 16.5. The van der Waals surface area contributed by atoms with E-state index in [1.165, 1.54) is 7.11 Å². The average Bonchev–Trinajstić information content (AvgIpc) is 2.37. The first-order valence-corrected chi connectivity index (χ1v) is 5.65. The van der Waals surface area contributed by atoms with Crippen molar-refractivity contribution in [3.05, 3.63) is 35.5 Å². The molecule has 2 rings (SSSR count). The monoisotopic (exact) mass is 245 g/mol. The predicted octanol–water partition coefficient (Wildman–Crippen LogP) is 2.27. The Labute approximate surface area is 106 Å². The summed E-state index contributed by atoms with van der Waals surface area (Å²) in [7, 11) is 2.99. The van der Waals surface area contributed by atoms with E-state index in [0.717, 1.165) is 27.9 Å². The molecular weight excluding hydrogens is 230 g/mol. The second kappa shape index (κ2) is 5.04. The van der Waals surface area contributed by atoms with Gasteiger partial charge in [-0.15, -0.1) is 0 Å². The van der Waals surface area contributed by atoms with Crippen molar-refractivity contribution < 1.29 is 14.3 Å². The van der Waals surface area contributed by atoms with Crippen LogP contribution in [0.4, 0.5) is 0 Å².